The van der Waals surface area contributed by atoms with Gasteiger partial charge in [0.1, 0.15) is 0 Å². The fourth-order valence-corrected chi connectivity index (χ4v) is 2.65. The molecule has 0 atom stereocenters. The standard InChI is InChI=1S/C19H25NO/c1-4-5-13-20(14-15(2)3)19(21)18-12-8-10-16-9-6-7-11-17(16)18/h6-12,15H,4-5,13-14H2,1-3H3. The maximum absolute atomic E-state index is 12.9. The number of nitrogens with zero attached hydrogens (tertiary/aromatic N) is 1. The summed E-state index contributed by atoms with van der Waals surface area (Å²) >= 11 is 0. The molecule has 2 aromatic carbocycles. The third-order valence-corrected chi connectivity index (χ3v) is 3.67. The van der Waals surface area contributed by atoms with E-state index in [4.69, 9.17) is 0 Å². The lowest BCUT2D eigenvalue weighted by atomic mass is 10.0. The Kier molecular flexibility index (Phi) is 5.38. The van der Waals surface area contributed by atoms with E-state index < -0.39 is 0 Å². The van der Waals surface area contributed by atoms with Gasteiger partial charge in [-0.05, 0) is 29.2 Å². The molecule has 0 spiro atoms. The van der Waals surface area contributed by atoms with Crippen LogP contribution in [0.5, 0.6) is 0 Å². The minimum absolute atomic E-state index is 0.161. The molecule has 0 heterocycles. The number of rotatable bonds is 6. The molecule has 2 nitrogen and oxygen atoms in total. The quantitative estimate of drug-likeness (QED) is 0.750. The normalized spacial score (nSPS) is 11.0. The van der Waals surface area contributed by atoms with E-state index in [1.54, 1.807) is 0 Å². The topological polar surface area (TPSA) is 20.3 Å². The number of carbonyl (C=O) groups is 1. The van der Waals surface area contributed by atoms with Crippen LogP contribution in [0.2, 0.25) is 0 Å². The molecule has 2 aromatic rings. The molecule has 112 valence electrons. The first-order valence-electron chi connectivity index (χ1n) is 7.90. The lowest BCUT2D eigenvalue weighted by Crippen LogP contribution is -2.35. The Morgan fingerprint density at radius 1 is 1.10 bits per heavy atom. The maximum atomic E-state index is 12.9. The Morgan fingerprint density at radius 3 is 2.52 bits per heavy atom. The first kappa shape index (κ1) is 15.6. The van der Waals surface area contributed by atoms with Crippen LogP contribution in [0.1, 0.15) is 44.0 Å². The molecular formula is C19H25NO. The molecule has 0 saturated carbocycles. The largest absolute Gasteiger partial charge is 0.338 e. The van der Waals surface area contributed by atoms with E-state index >= 15 is 0 Å². The molecule has 0 bridgehead atoms. The number of hydrogen-bond donors (Lipinski definition) is 0. The van der Waals surface area contributed by atoms with Gasteiger partial charge in [0.15, 0.2) is 0 Å². The molecule has 0 N–H and O–H groups in total. The van der Waals surface area contributed by atoms with Crippen LogP contribution in [-0.4, -0.2) is 23.9 Å². The summed E-state index contributed by atoms with van der Waals surface area (Å²) in [6, 6.07) is 14.1. The SMILES string of the molecule is CCCCN(CC(C)C)C(=O)c1cccc2ccccc12. The van der Waals surface area contributed by atoms with Crippen molar-refractivity contribution >= 4 is 16.7 Å². The van der Waals surface area contributed by atoms with Crippen molar-refractivity contribution in [2.75, 3.05) is 13.1 Å². The smallest absolute Gasteiger partial charge is 0.254 e. The first-order chi connectivity index (χ1) is 10.1. The van der Waals surface area contributed by atoms with E-state index in [0.29, 0.717) is 5.92 Å². The number of benzene rings is 2. The highest BCUT2D eigenvalue weighted by Gasteiger charge is 2.18. The van der Waals surface area contributed by atoms with Gasteiger partial charge < -0.3 is 4.90 Å². The fraction of sp³-hybridized carbons (Fsp3) is 0.421. The van der Waals surface area contributed by atoms with Gasteiger partial charge in [0.2, 0.25) is 0 Å². The minimum Gasteiger partial charge on any atom is -0.338 e. The van der Waals surface area contributed by atoms with Crippen LogP contribution in [0, 0.1) is 5.92 Å². The molecule has 1 amide bonds. The van der Waals surface area contributed by atoms with Crippen LogP contribution in [-0.2, 0) is 0 Å². The van der Waals surface area contributed by atoms with E-state index in [0.717, 1.165) is 42.3 Å². The molecule has 0 radical (unpaired) electrons. The zero-order valence-corrected chi connectivity index (χ0v) is 13.3. The summed E-state index contributed by atoms with van der Waals surface area (Å²) in [5, 5.41) is 2.18. The lowest BCUT2D eigenvalue weighted by molar-refractivity contribution is 0.0735. The maximum Gasteiger partial charge on any atom is 0.254 e. The van der Waals surface area contributed by atoms with E-state index in [1.807, 2.05) is 35.2 Å². The van der Waals surface area contributed by atoms with Crippen molar-refractivity contribution in [1.29, 1.82) is 0 Å². The van der Waals surface area contributed by atoms with Crippen LogP contribution in [0.3, 0.4) is 0 Å². The zero-order valence-electron chi connectivity index (χ0n) is 13.3. The van der Waals surface area contributed by atoms with Crippen molar-refractivity contribution in [3.63, 3.8) is 0 Å². The van der Waals surface area contributed by atoms with Crippen molar-refractivity contribution in [2.24, 2.45) is 5.92 Å². The highest BCUT2D eigenvalue weighted by Crippen LogP contribution is 2.20. The van der Waals surface area contributed by atoms with E-state index in [2.05, 4.69) is 32.9 Å². The number of carbonyl (C=O) groups excluding carboxylic acids is 1. The number of fused-ring (bicyclic) bond motifs is 1. The molecule has 21 heavy (non-hydrogen) atoms. The second-order valence-electron chi connectivity index (χ2n) is 6.03. The summed E-state index contributed by atoms with van der Waals surface area (Å²) in [7, 11) is 0. The molecule has 2 rings (SSSR count). The first-order valence-corrected chi connectivity index (χ1v) is 7.90. The summed E-state index contributed by atoms with van der Waals surface area (Å²) in [6.07, 6.45) is 2.17. The van der Waals surface area contributed by atoms with Gasteiger partial charge in [0, 0.05) is 18.7 Å². The van der Waals surface area contributed by atoms with Crippen molar-refractivity contribution in [2.45, 2.75) is 33.6 Å². The van der Waals surface area contributed by atoms with Gasteiger partial charge in [0.25, 0.3) is 5.91 Å². The van der Waals surface area contributed by atoms with Gasteiger partial charge in [0.05, 0.1) is 0 Å². The minimum atomic E-state index is 0.161. The van der Waals surface area contributed by atoms with E-state index in [1.165, 1.54) is 0 Å². The fourth-order valence-electron chi connectivity index (χ4n) is 2.65. The van der Waals surface area contributed by atoms with Gasteiger partial charge >= 0.3 is 0 Å². The third-order valence-electron chi connectivity index (χ3n) is 3.67. The van der Waals surface area contributed by atoms with Crippen molar-refractivity contribution in [3.05, 3.63) is 48.0 Å². The van der Waals surface area contributed by atoms with Crippen LogP contribution < -0.4 is 0 Å². The molecular weight excluding hydrogens is 258 g/mol. The van der Waals surface area contributed by atoms with Crippen molar-refractivity contribution in [1.82, 2.24) is 4.90 Å². The van der Waals surface area contributed by atoms with Crippen LogP contribution in [0.4, 0.5) is 0 Å². The Morgan fingerprint density at radius 2 is 1.81 bits per heavy atom. The highest BCUT2D eigenvalue weighted by molar-refractivity contribution is 6.07. The molecule has 0 saturated heterocycles. The van der Waals surface area contributed by atoms with Gasteiger partial charge in [-0.25, -0.2) is 0 Å². The molecule has 0 aliphatic heterocycles. The number of amides is 1. The second kappa shape index (κ2) is 7.26. The van der Waals surface area contributed by atoms with Crippen LogP contribution >= 0.6 is 0 Å². The summed E-state index contributed by atoms with van der Waals surface area (Å²) in [4.78, 5) is 14.9. The molecule has 0 fully saturated rings. The Balaban J connectivity index is 2.33. The number of unbranched alkanes of at least 4 members (excludes halogenated alkanes) is 1. The molecule has 0 aliphatic carbocycles. The molecule has 0 unspecified atom stereocenters. The van der Waals surface area contributed by atoms with Crippen LogP contribution in [0.25, 0.3) is 10.8 Å². The van der Waals surface area contributed by atoms with Crippen LogP contribution in [0.15, 0.2) is 42.5 Å². The Bertz CT molecular complexity index is 598. The Hall–Kier alpha value is -1.83. The highest BCUT2D eigenvalue weighted by atomic mass is 16.2. The molecule has 0 aliphatic rings. The van der Waals surface area contributed by atoms with Gasteiger partial charge in [-0.3, -0.25) is 4.79 Å². The van der Waals surface area contributed by atoms with Crippen molar-refractivity contribution in [3.8, 4) is 0 Å². The second-order valence-corrected chi connectivity index (χ2v) is 6.03. The summed E-state index contributed by atoms with van der Waals surface area (Å²) in [5.41, 5.74) is 0.824. The monoisotopic (exact) mass is 283 g/mol. The van der Waals surface area contributed by atoms with E-state index in [-0.39, 0.29) is 5.91 Å². The third kappa shape index (κ3) is 3.84. The summed E-state index contributed by atoms with van der Waals surface area (Å²) in [5.74, 6) is 0.648. The predicted octanol–water partition coefficient (Wildman–Crippen LogP) is 4.74. The molecule has 0 aromatic heterocycles. The van der Waals surface area contributed by atoms with Gasteiger partial charge in [-0.15, -0.1) is 0 Å². The average molecular weight is 283 g/mol. The lowest BCUT2D eigenvalue weighted by Gasteiger charge is -2.25. The number of hydrogen-bond acceptors (Lipinski definition) is 1. The van der Waals surface area contributed by atoms with Gasteiger partial charge in [-0.2, -0.15) is 0 Å². The Labute approximate surface area is 127 Å². The summed E-state index contributed by atoms with van der Waals surface area (Å²) < 4.78 is 0. The molecule has 2 heteroatoms. The van der Waals surface area contributed by atoms with Crippen molar-refractivity contribution < 1.29 is 4.79 Å². The average Bonchev–Trinajstić information content (AvgIpc) is 2.50. The van der Waals surface area contributed by atoms with E-state index in [9.17, 15) is 4.79 Å². The zero-order chi connectivity index (χ0) is 15.2. The summed E-state index contributed by atoms with van der Waals surface area (Å²) in [6.45, 7) is 8.15. The predicted molar refractivity (Wildman–Crippen MR) is 89.6 cm³/mol. The van der Waals surface area contributed by atoms with Gasteiger partial charge in [-0.1, -0.05) is 63.6 Å².